The van der Waals surface area contributed by atoms with Crippen LogP contribution in [0.5, 0.6) is 0 Å². The van der Waals surface area contributed by atoms with E-state index in [0.717, 1.165) is 6.42 Å². The van der Waals surface area contributed by atoms with Gasteiger partial charge in [-0.05, 0) is 54.2 Å². The minimum Gasteiger partial charge on any atom is -0.396 e. The van der Waals surface area contributed by atoms with Crippen molar-refractivity contribution in [3.8, 4) is 11.1 Å². The first-order valence-corrected chi connectivity index (χ1v) is 7.32. The van der Waals surface area contributed by atoms with Crippen molar-refractivity contribution in [3.63, 3.8) is 0 Å². The van der Waals surface area contributed by atoms with Crippen molar-refractivity contribution in [1.82, 2.24) is 5.32 Å². The van der Waals surface area contributed by atoms with Crippen LogP contribution in [0, 0.1) is 0 Å². The van der Waals surface area contributed by atoms with Crippen molar-refractivity contribution in [3.05, 3.63) is 59.2 Å². The summed E-state index contributed by atoms with van der Waals surface area (Å²) in [6, 6.07) is 14.2. The molecule has 0 bridgehead atoms. The molecule has 1 unspecified atom stereocenters. The molecule has 3 nitrogen and oxygen atoms in total. The maximum atomic E-state index is 12.2. The van der Waals surface area contributed by atoms with Crippen LogP contribution in [0.1, 0.15) is 34.8 Å². The van der Waals surface area contributed by atoms with Crippen molar-refractivity contribution in [2.75, 3.05) is 6.61 Å². The molecular formula is C18H19NO2. The van der Waals surface area contributed by atoms with Gasteiger partial charge in [0.25, 0.3) is 5.91 Å². The van der Waals surface area contributed by atoms with Crippen LogP contribution in [-0.2, 0) is 6.42 Å². The van der Waals surface area contributed by atoms with E-state index in [-0.39, 0.29) is 18.6 Å². The number of benzene rings is 2. The van der Waals surface area contributed by atoms with Gasteiger partial charge in [-0.25, -0.2) is 0 Å². The number of hydrogen-bond donors (Lipinski definition) is 2. The molecule has 1 atom stereocenters. The smallest absolute Gasteiger partial charge is 0.251 e. The van der Waals surface area contributed by atoms with Crippen LogP contribution in [0.15, 0.2) is 42.5 Å². The highest BCUT2D eigenvalue weighted by molar-refractivity contribution is 5.95. The lowest BCUT2D eigenvalue weighted by atomic mass is 10.0. The van der Waals surface area contributed by atoms with Crippen LogP contribution >= 0.6 is 0 Å². The van der Waals surface area contributed by atoms with Crippen molar-refractivity contribution >= 4 is 5.91 Å². The zero-order chi connectivity index (χ0) is 14.8. The van der Waals surface area contributed by atoms with Crippen LogP contribution in [0.2, 0.25) is 0 Å². The average molecular weight is 281 g/mol. The third-order valence-electron chi connectivity index (χ3n) is 4.00. The third kappa shape index (κ3) is 2.69. The molecule has 0 saturated carbocycles. The molecular weight excluding hydrogens is 262 g/mol. The monoisotopic (exact) mass is 281 g/mol. The van der Waals surface area contributed by atoms with Crippen molar-refractivity contribution in [1.29, 1.82) is 0 Å². The van der Waals surface area contributed by atoms with Gasteiger partial charge in [-0.3, -0.25) is 4.79 Å². The molecule has 0 saturated heterocycles. The van der Waals surface area contributed by atoms with Gasteiger partial charge in [0.05, 0.1) is 0 Å². The average Bonchev–Trinajstić information content (AvgIpc) is 2.85. The maximum Gasteiger partial charge on any atom is 0.251 e. The summed E-state index contributed by atoms with van der Waals surface area (Å²) in [4.78, 5) is 12.2. The van der Waals surface area contributed by atoms with E-state index >= 15 is 0 Å². The van der Waals surface area contributed by atoms with Crippen LogP contribution in [0.4, 0.5) is 0 Å². The molecule has 2 N–H and O–H groups in total. The van der Waals surface area contributed by atoms with Crippen molar-refractivity contribution in [2.24, 2.45) is 0 Å². The highest BCUT2D eigenvalue weighted by Gasteiger charge is 2.19. The van der Waals surface area contributed by atoms with E-state index in [4.69, 9.17) is 5.11 Å². The minimum absolute atomic E-state index is 0.0204. The number of aliphatic hydroxyl groups is 1. The van der Waals surface area contributed by atoms with E-state index in [9.17, 15) is 4.79 Å². The molecule has 2 aromatic carbocycles. The van der Waals surface area contributed by atoms with Gasteiger partial charge in [0.1, 0.15) is 0 Å². The molecule has 3 rings (SSSR count). The Bertz CT molecular complexity index is 679. The molecule has 21 heavy (non-hydrogen) atoms. The standard InChI is InChI=1S/C18H19NO2/c1-12(8-9-20)19-18(21)14-6-7-17-15(11-14)10-13-4-2-3-5-16(13)17/h2-7,11-12,20H,8-10H2,1H3,(H,19,21). The predicted molar refractivity (Wildman–Crippen MR) is 83.3 cm³/mol. The zero-order valence-electron chi connectivity index (χ0n) is 12.1. The van der Waals surface area contributed by atoms with Gasteiger partial charge >= 0.3 is 0 Å². The first-order valence-electron chi connectivity index (χ1n) is 7.32. The Labute approximate surface area is 124 Å². The van der Waals surface area contributed by atoms with E-state index in [1.54, 1.807) is 0 Å². The topological polar surface area (TPSA) is 49.3 Å². The van der Waals surface area contributed by atoms with Crippen LogP contribution in [0.25, 0.3) is 11.1 Å². The quantitative estimate of drug-likeness (QED) is 0.772. The van der Waals surface area contributed by atoms with Gasteiger partial charge in [0, 0.05) is 18.2 Å². The van der Waals surface area contributed by atoms with Crippen molar-refractivity contribution < 1.29 is 9.90 Å². The van der Waals surface area contributed by atoms with E-state index < -0.39 is 0 Å². The molecule has 0 aromatic heterocycles. The fraction of sp³-hybridized carbons (Fsp3) is 0.278. The van der Waals surface area contributed by atoms with Crippen LogP contribution in [-0.4, -0.2) is 23.7 Å². The second-order valence-electron chi connectivity index (χ2n) is 5.59. The summed E-state index contributed by atoms with van der Waals surface area (Å²) in [6.45, 7) is 1.98. The first-order chi connectivity index (χ1) is 10.2. The Morgan fingerprint density at radius 2 is 1.95 bits per heavy atom. The Morgan fingerprint density at radius 3 is 2.76 bits per heavy atom. The number of amides is 1. The summed E-state index contributed by atoms with van der Waals surface area (Å²) in [5.74, 6) is -0.0743. The molecule has 0 fully saturated rings. The fourth-order valence-corrected chi connectivity index (χ4v) is 2.86. The molecule has 2 aromatic rings. The van der Waals surface area contributed by atoms with E-state index in [0.29, 0.717) is 12.0 Å². The fourth-order valence-electron chi connectivity index (χ4n) is 2.86. The Morgan fingerprint density at radius 1 is 1.19 bits per heavy atom. The Balaban J connectivity index is 1.82. The summed E-state index contributed by atoms with van der Waals surface area (Å²) in [7, 11) is 0. The first kappa shape index (κ1) is 13.8. The molecule has 1 aliphatic rings. The van der Waals surface area contributed by atoms with Gasteiger partial charge in [-0.15, -0.1) is 0 Å². The van der Waals surface area contributed by atoms with Crippen molar-refractivity contribution in [2.45, 2.75) is 25.8 Å². The van der Waals surface area contributed by atoms with Gasteiger partial charge in [-0.1, -0.05) is 30.3 Å². The SMILES string of the molecule is CC(CCO)NC(=O)c1ccc2c(c1)Cc1ccccc1-2. The Kier molecular flexibility index (Phi) is 3.76. The number of aliphatic hydroxyl groups excluding tert-OH is 1. The van der Waals surface area contributed by atoms with Gasteiger partial charge in [-0.2, -0.15) is 0 Å². The summed E-state index contributed by atoms with van der Waals surface area (Å²) in [6.07, 6.45) is 1.46. The third-order valence-corrected chi connectivity index (χ3v) is 4.00. The molecule has 1 aliphatic carbocycles. The summed E-state index contributed by atoms with van der Waals surface area (Å²) >= 11 is 0. The number of carbonyl (C=O) groups excluding carboxylic acids is 1. The number of fused-ring (bicyclic) bond motifs is 3. The van der Waals surface area contributed by atoms with Gasteiger partial charge in [0.2, 0.25) is 0 Å². The number of rotatable bonds is 4. The normalized spacial score (nSPS) is 13.4. The van der Waals surface area contributed by atoms with Gasteiger partial charge < -0.3 is 10.4 Å². The molecule has 0 heterocycles. The predicted octanol–water partition coefficient (Wildman–Crippen LogP) is 2.76. The molecule has 0 spiro atoms. The van der Waals surface area contributed by atoms with Crippen LogP contribution < -0.4 is 5.32 Å². The molecule has 108 valence electrons. The minimum atomic E-state index is -0.0743. The largest absolute Gasteiger partial charge is 0.396 e. The second-order valence-corrected chi connectivity index (χ2v) is 5.59. The number of hydrogen-bond acceptors (Lipinski definition) is 2. The molecule has 3 heteroatoms. The second kappa shape index (κ2) is 5.70. The maximum absolute atomic E-state index is 12.2. The summed E-state index contributed by atoms with van der Waals surface area (Å²) in [5, 5.41) is 11.8. The van der Waals surface area contributed by atoms with E-state index in [1.165, 1.54) is 22.3 Å². The number of carbonyl (C=O) groups is 1. The lowest BCUT2D eigenvalue weighted by Crippen LogP contribution is -2.33. The Hall–Kier alpha value is -2.13. The highest BCUT2D eigenvalue weighted by atomic mass is 16.3. The molecule has 0 aliphatic heterocycles. The van der Waals surface area contributed by atoms with E-state index in [2.05, 4.69) is 23.5 Å². The lowest BCUT2D eigenvalue weighted by Gasteiger charge is -2.13. The summed E-state index contributed by atoms with van der Waals surface area (Å²) in [5.41, 5.74) is 5.71. The summed E-state index contributed by atoms with van der Waals surface area (Å²) < 4.78 is 0. The molecule has 0 radical (unpaired) electrons. The zero-order valence-corrected chi connectivity index (χ0v) is 12.1. The molecule has 1 amide bonds. The highest BCUT2D eigenvalue weighted by Crippen LogP contribution is 2.36. The lowest BCUT2D eigenvalue weighted by molar-refractivity contribution is 0.0934. The van der Waals surface area contributed by atoms with Crippen LogP contribution in [0.3, 0.4) is 0 Å². The van der Waals surface area contributed by atoms with E-state index in [1.807, 2.05) is 31.2 Å². The number of nitrogens with one attached hydrogen (secondary N) is 1. The van der Waals surface area contributed by atoms with Gasteiger partial charge in [0.15, 0.2) is 0 Å².